The number of hydrogen-bond acceptors (Lipinski definition) is 5. The van der Waals surface area contributed by atoms with Crippen molar-refractivity contribution in [1.82, 2.24) is 19.7 Å². The lowest BCUT2D eigenvalue weighted by atomic mass is 10.0. The van der Waals surface area contributed by atoms with Crippen molar-refractivity contribution in [3.05, 3.63) is 65.4 Å². The third kappa shape index (κ3) is 4.41. The average Bonchev–Trinajstić information content (AvgIpc) is 3.41. The molecule has 0 radical (unpaired) electrons. The maximum absolute atomic E-state index is 13.0. The molecule has 1 aliphatic heterocycles. The Bertz CT molecular complexity index is 1010. The number of benzene rings is 2. The molecule has 1 aliphatic rings. The first-order valence-electron chi connectivity index (χ1n) is 9.38. The minimum absolute atomic E-state index is 0.0870. The van der Waals surface area contributed by atoms with Gasteiger partial charge < -0.3 is 9.64 Å². The smallest absolute Gasteiger partial charge is 0.233 e. The number of amides is 1. The molecule has 29 heavy (non-hydrogen) atoms. The van der Waals surface area contributed by atoms with Crippen molar-refractivity contribution in [2.75, 3.05) is 19.4 Å². The van der Waals surface area contributed by atoms with Gasteiger partial charge in [0.15, 0.2) is 5.16 Å². The summed E-state index contributed by atoms with van der Waals surface area (Å²) < 4.78 is 7.18. The van der Waals surface area contributed by atoms with E-state index in [1.165, 1.54) is 11.8 Å². The first-order chi connectivity index (χ1) is 14.2. The zero-order valence-corrected chi connectivity index (χ0v) is 17.6. The summed E-state index contributed by atoms with van der Waals surface area (Å²) in [6, 6.07) is 15.5. The largest absolute Gasteiger partial charge is 0.497 e. The molecule has 2 heterocycles. The Morgan fingerprint density at radius 1 is 1.28 bits per heavy atom. The van der Waals surface area contributed by atoms with Gasteiger partial charge in [0.25, 0.3) is 0 Å². The van der Waals surface area contributed by atoms with Gasteiger partial charge in [-0.2, -0.15) is 0 Å². The molecular weight excluding hydrogens is 408 g/mol. The Balaban J connectivity index is 1.45. The van der Waals surface area contributed by atoms with Crippen LogP contribution in [-0.2, 0) is 4.79 Å². The maximum Gasteiger partial charge on any atom is 0.233 e. The van der Waals surface area contributed by atoms with E-state index in [0.717, 1.165) is 36.4 Å². The van der Waals surface area contributed by atoms with Gasteiger partial charge >= 0.3 is 0 Å². The van der Waals surface area contributed by atoms with E-state index >= 15 is 0 Å². The van der Waals surface area contributed by atoms with E-state index in [9.17, 15) is 4.79 Å². The number of ether oxygens (including phenoxy) is 1. The van der Waals surface area contributed by atoms with Gasteiger partial charge in [-0.1, -0.05) is 41.6 Å². The fraction of sp³-hybridized carbons (Fsp3) is 0.286. The van der Waals surface area contributed by atoms with Gasteiger partial charge in [-0.3, -0.25) is 9.36 Å². The van der Waals surface area contributed by atoms with Crippen LogP contribution in [0.25, 0.3) is 5.69 Å². The zero-order chi connectivity index (χ0) is 20.2. The van der Waals surface area contributed by atoms with Crippen LogP contribution in [0.5, 0.6) is 5.75 Å². The van der Waals surface area contributed by atoms with E-state index in [2.05, 4.69) is 16.3 Å². The average molecular weight is 429 g/mol. The number of thioether (sulfide) groups is 1. The topological polar surface area (TPSA) is 60.2 Å². The number of likely N-dealkylation sites (tertiary alicyclic amines) is 1. The van der Waals surface area contributed by atoms with Gasteiger partial charge in [-0.25, -0.2) is 0 Å². The van der Waals surface area contributed by atoms with Gasteiger partial charge in [0, 0.05) is 11.6 Å². The van der Waals surface area contributed by atoms with E-state index in [4.69, 9.17) is 16.3 Å². The number of carbonyl (C=O) groups is 1. The van der Waals surface area contributed by atoms with Crippen molar-refractivity contribution in [2.45, 2.75) is 24.0 Å². The summed E-state index contributed by atoms with van der Waals surface area (Å²) in [4.78, 5) is 14.9. The molecule has 0 spiro atoms. The lowest BCUT2D eigenvalue weighted by molar-refractivity contribution is -0.129. The van der Waals surface area contributed by atoms with Gasteiger partial charge in [0.1, 0.15) is 12.1 Å². The standard InChI is InChI=1S/C21H21ClN4O2S/c1-28-18-8-2-5-15(11-18)19-9-4-10-25(19)20(27)13-29-21-24-23-14-26(21)17-7-3-6-16(22)12-17/h2-3,5-8,11-12,14,19H,4,9-10,13H2,1H3. The van der Waals surface area contributed by atoms with Crippen molar-refractivity contribution in [1.29, 1.82) is 0 Å². The molecule has 3 aromatic rings. The summed E-state index contributed by atoms with van der Waals surface area (Å²) in [5, 5.41) is 9.47. The van der Waals surface area contributed by atoms with Crippen molar-refractivity contribution >= 4 is 29.3 Å². The number of methoxy groups -OCH3 is 1. The lowest BCUT2D eigenvalue weighted by Crippen LogP contribution is -2.32. The molecule has 0 N–H and O–H groups in total. The van der Waals surface area contributed by atoms with Crippen molar-refractivity contribution in [2.24, 2.45) is 0 Å². The second-order valence-corrected chi connectivity index (χ2v) is 8.15. The predicted octanol–water partition coefficient (Wildman–Crippen LogP) is 4.39. The maximum atomic E-state index is 13.0. The van der Waals surface area contributed by atoms with E-state index in [1.54, 1.807) is 13.4 Å². The fourth-order valence-electron chi connectivity index (χ4n) is 3.60. The van der Waals surface area contributed by atoms with Crippen LogP contribution in [0.2, 0.25) is 5.02 Å². The quantitative estimate of drug-likeness (QED) is 0.545. The Morgan fingerprint density at radius 3 is 2.97 bits per heavy atom. The minimum atomic E-state index is 0.0870. The van der Waals surface area contributed by atoms with Crippen molar-refractivity contribution in [3.63, 3.8) is 0 Å². The Morgan fingerprint density at radius 2 is 2.14 bits per heavy atom. The molecule has 1 unspecified atom stereocenters. The molecule has 2 aromatic carbocycles. The van der Waals surface area contributed by atoms with Crippen LogP contribution in [0, 0.1) is 0 Å². The van der Waals surface area contributed by atoms with Gasteiger partial charge in [-0.05, 0) is 48.7 Å². The Labute approximate surface area is 178 Å². The monoisotopic (exact) mass is 428 g/mol. The second kappa shape index (κ2) is 8.88. The zero-order valence-electron chi connectivity index (χ0n) is 16.0. The first-order valence-corrected chi connectivity index (χ1v) is 10.7. The molecule has 1 atom stereocenters. The van der Waals surface area contributed by atoms with Crippen molar-refractivity contribution in [3.8, 4) is 11.4 Å². The minimum Gasteiger partial charge on any atom is -0.497 e. The van der Waals surface area contributed by atoms with Gasteiger partial charge in [0.2, 0.25) is 5.91 Å². The highest BCUT2D eigenvalue weighted by molar-refractivity contribution is 7.99. The summed E-state index contributed by atoms with van der Waals surface area (Å²) in [6.45, 7) is 0.766. The van der Waals surface area contributed by atoms with Gasteiger partial charge in [0.05, 0.1) is 24.6 Å². The number of rotatable bonds is 6. The molecule has 1 aromatic heterocycles. The fourth-order valence-corrected chi connectivity index (χ4v) is 4.60. The van der Waals surface area contributed by atoms with Crippen molar-refractivity contribution < 1.29 is 9.53 Å². The summed E-state index contributed by atoms with van der Waals surface area (Å²) in [7, 11) is 1.66. The third-order valence-electron chi connectivity index (χ3n) is 4.98. The molecule has 8 heteroatoms. The molecule has 4 rings (SSSR count). The number of aromatic nitrogens is 3. The normalized spacial score (nSPS) is 16.2. The van der Waals surface area contributed by atoms with Crippen LogP contribution >= 0.6 is 23.4 Å². The lowest BCUT2D eigenvalue weighted by Gasteiger charge is -2.25. The van der Waals surface area contributed by atoms with Crippen LogP contribution in [-0.4, -0.2) is 45.0 Å². The van der Waals surface area contributed by atoms with E-state index in [0.29, 0.717) is 15.9 Å². The predicted molar refractivity (Wildman–Crippen MR) is 114 cm³/mol. The molecule has 150 valence electrons. The number of nitrogens with zero attached hydrogens (tertiary/aromatic N) is 4. The van der Waals surface area contributed by atoms with Crippen LogP contribution < -0.4 is 4.74 Å². The molecule has 1 saturated heterocycles. The molecule has 6 nitrogen and oxygen atoms in total. The molecular formula is C21H21ClN4O2S. The highest BCUT2D eigenvalue weighted by atomic mass is 35.5. The second-order valence-electron chi connectivity index (χ2n) is 6.77. The highest BCUT2D eigenvalue weighted by Crippen LogP contribution is 2.34. The summed E-state index contributed by atoms with van der Waals surface area (Å²) in [5.74, 6) is 1.21. The van der Waals surface area contributed by atoms with E-state index in [1.807, 2.05) is 51.9 Å². The van der Waals surface area contributed by atoms with Crippen LogP contribution in [0.1, 0.15) is 24.4 Å². The summed E-state index contributed by atoms with van der Waals surface area (Å²) in [6.07, 6.45) is 3.59. The SMILES string of the molecule is COc1cccc(C2CCCN2C(=O)CSc2nncn2-c2cccc(Cl)c2)c1. The summed E-state index contributed by atoms with van der Waals surface area (Å²) in [5.41, 5.74) is 1.98. The van der Waals surface area contributed by atoms with Gasteiger partial charge in [-0.15, -0.1) is 10.2 Å². The van der Waals surface area contributed by atoms with Crippen LogP contribution in [0.3, 0.4) is 0 Å². The molecule has 0 saturated carbocycles. The molecule has 1 amide bonds. The number of halogens is 1. The molecule has 0 aliphatic carbocycles. The van der Waals surface area contributed by atoms with E-state index < -0.39 is 0 Å². The Kier molecular flexibility index (Phi) is 6.06. The van der Waals surface area contributed by atoms with Crippen LogP contribution in [0.15, 0.2) is 60.0 Å². The third-order valence-corrected chi connectivity index (χ3v) is 6.14. The summed E-state index contributed by atoms with van der Waals surface area (Å²) >= 11 is 7.48. The number of hydrogen-bond donors (Lipinski definition) is 0. The Hall–Kier alpha value is -2.51. The molecule has 1 fully saturated rings. The van der Waals surface area contributed by atoms with E-state index in [-0.39, 0.29) is 11.9 Å². The molecule has 0 bridgehead atoms. The first kappa shape index (κ1) is 19.8. The van der Waals surface area contributed by atoms with Crippen LogP contribution in [0.4, 0.5) is 0 Å². The number of carbonyl (C=O) groups excluding carboxylic acids is 1. The highest BCUT2D eigenvalue weighted by Gasteiger charge is 2.30.